The van der Waals surface area contributed by atoms with Gasteiger partial charge in [-0.25, -0.2) is 0 Å². The van der Waals surface area contributed by atoms with Crippen molar-refractivity contribution in [3.8, 4) is 0 Å². The lowest BCUT2D eigenvalue weighted by molar-refractivity contribution is -0.144. The molecule has 26 nitrogen and oxygen atoms in total. The molecule has 3 aliphatic heterocycles. The molecule has 3 fully saturated rings. The Morgan fingerprint density at radius 1 is 0.529 bits per heavy atom. The number of nitrogens with one attached hydrogen (secondary N) is 8. The van der Waals surface area contributed by atoms with E-state index in [4.69, 9.17) is 11.5 Å². The maximum Gasteiger partial charge on any atom is 0.305 e. The van der Waals surface area contributed by atoms with Crippen LogP contribution in [0, 0.1) is 17.8 Å². The molecule has 0 aliphatic carbocycles. The number of rotatable bonds is 16. The van der Waals surface area contributed by atoms with Gasteiger partial charge in [0.25, 0.3) is 0 Å². The summed E-state index contributed by atoms with van der Waals surface area (Å²) in [6.07, 6.45) is -1.70. The van der Waals surface area contributed by atoms with Crippen molar-refractivity contribution in [2.45, 2.75) is 186 Å². The van der Waals surface area contributed by atoms with E-state index in [2.05, 4.69) is 47.5 Å². The van der Waals surface area contributed by atoms with Gasteiger partial charge in [0.2, 0.25) is 59.1 Å². The fraction of sp³-hybridized carbons (Fsp3) is 0.593. The van der Waals surface area contributed by atoms with Gasteiger partial charge >= 0.3 is 5.97 Å². The lowest BCUT2D eigenvalue weighted by atomic mass is 9.99. The summed E-state index contributed by atoms with van der Waals surface area (Å²) in [4.78, 5) is 164. The number of nitrogens with zero attached hydrogens (tertiary/aromatic N) is 3. The third kappa shape index (κ3) is 20.3. The van der Waals surface area contributed by atoms with Gasteiger partial charge in [-0.15, -0.1) is 0 Å². The van der Waals surface area contributed by atoms with Crippen LogP contribution in [-0.4, -0.2) is 177 Å². The Labute approximate surface area is 495 Å². The van der Waals surface area contributed by atoms with Gasteiger partial charge in [-0.3, -0.25) is 57.7 Å². The van der Waals surface area contributed by atoms with Crippen LogP contribution in [0.25, 0.3) is 0 Å². The Kier molecular flexibility index (Phi) is 25.6. The zero-order valence-corrected chi connectivity index (χ0v) is 49.6. The molecular weight excluding hydrogens is 1100 g/mol. The third-order valence-corrected chi connectivity index (χ3v) is 15.1. The molecule has 0 aromatic heterocycles. The molecule has 26 heteroatoms. The molecule has 11 atom stereocenters. The maximum atomic E-state index is 14.9. The van der Waals surface area contributed by atoms with Crippen molar-refractivity contribution in [1.82, 2.24) is 52.3 Å². The van der Waals surface area contributed by atoms with Gasteiger partial charge in [-0.05, 0) is 87.2 Å². The first kappa shape index (κ1) is 67.6. The van der Waals surface area contributed by atoms with Crippen molar-refractivity contribution < 1.29 is 63.0 Å². The van der Waals surface area contributed by atoms with Crippen molar-refractivity contribution in [1.29, 1.82) is 0 Å². The van der Waals surface area contributed by atoms with Crippen LogP contribution in [0.5, 0.6) is 0 Å². The first-order valence-electron chi connectivity index (χ1n) is 29.3. The number of hydrogen-bond donors (Lipinski definition) is 12. The smallest absolute Gasteiger partial charge is 0.305 e. The fourth-order valence-electron chi connectivity index (χ4n) is 10.7. The van der Waals surface area contributed by atoms with E-state index in [9.17, 15) is 63.0 Å². The maximum absolute atomic E-state index is 14.9. The number of carboxylic acid groups (broad SMARTS) is 1. The Morgan fingerprint density at radius 3 is 1.35 bits per heavy atom. The number of aliphatic hydroxyl groups is 1. The van der Waals surface area contributed by atoms with Crippen molar-refractivity contribution in [3.63, 3.8) is 0 Å². The molecule has 5 rings (SSSR count). The number of carboxylic acids is 1. The third-order valence-electron chi connectivity index (χ3n) is 15.1. The minimum atomic E-state index is -1.80. The van der Waals surface area contributed by atoms with E-state index in [0.717, 1.165) is 0 Å². The minimum absolute atomic E-state index is 0.0205. The SMILES string of the molecule is CC(C)C[C@@H]1NC(=O)[C@H](CCCN=C(N)N)NC(=O)[C@H](C(C)C)NC(=O)[C@H](CC(=O)O)NC(=O)[C@@H]2CCCN2C(=O)[C@@H](Cc2ccccc2)NC(=O)[C@H](CC(C)C)NC(=O)[C@H]([C@@H](C)O)NC(=O)[C@@H]2CCCN2C(=O)[C@@H](Cc2ccccc2)NC1=O. The van der Waals surface area contributed by atoms with Crippen LogP contribution in [0.2, 0.25) is 0 Å². The predicted molar refractivity (Wildman–Crippen MR) is 313 cm³/mol. The molecule has 466 valence electrons. The van der Waals surface area contributed by atoms with Gasteiger partial charge in [0.15, 0.2) is 5.96 Å². The summed E-state index contributed by atoms with van der Waals surface area (Å²) in [7, 11) is 0. The topological polar surface area (TPSA) is 395 Å². The van der Waals surface area contributed by atoms with Crippen LogP contribution in [-0.2, 0) is 65.6 Å². The Hall–Kier alpha value is -8.16. The number of aliphatic hydroxyl groups excluding tert-OH is 1. The molecule has 0 unspecified atom stereocenters. The average molecular weight is 1190 g/mol. The number of nitrogens with two attached hydrogens (primary N) is 2. The highest BCUT2D eigenvalue weighted by molar-refractivity contribution is 6.00. The van der Waals surface area contributed by atoms with Crippen LogP contribution in [0.4, 0.5) is 0 Å². The van der Waals surface area contributed by atoms with E-state index < -0.39 is 144 Å². The molecule has 3 aliphatic rings. The monoisotopic (exact) mass is 1190 g/mol. The predicted octanol–water partition coefficient (Wildman–Crippen LogP) is -0.997. The van der Waals surface area contributed by atoms with Crippen LogP contribution in [0.1, 0.15) is 117 Å². The highest BCUT2D eigenvalue weighted by Gasteiger charge is 2.44. The molecular formula is C59H87N13O13. The number of carbonyl (C=O) groups is 11. The molecule has 0 bridgehead atoms. The van der Waals surface area contributed by atoms with Crippen molar-refractivity contribution in [2.75, 3.05) is 19.6 Å². The zero-order valence-electron chi connectivity index (χ0n) is 49.6. The van der Waals surface area contributed by atoms with Crippen molar-refractivity contribution in [2.24, 2.45) is 34.2 Å². The summed E-state index contributed by atoms with van der Waals surface area (Å²) >= 11 is 0. The Morgan fingerprint density at radius 2 is 0.918 bits per heavy atom. The van der Waals surface area contributed by atoms with Gasteiger partial charge in [-0.2, -0.15) is 0 Å². The van der Waals surface area contributed by atoms with Crippen molar-refractivity contribution >= 4 is 71.0 Å². The van der Waals surface area contributed by atoms with E-state index in [1.807, 2.05) is 0 Å². The fourth-order valence-corrected chi connectivity index (χ4v) is 10.7. The van der Waals surface area contributed by atoms with E-state index in [0.29, 0.717) is 24.0 Å². The van der Waals surface area contributed by atoms with Crippen LogP contribution in [0.15, 0.2) is 65.7 Å². The highest BCUT2D eigenvalue weighted by Crippen LogP contribution is 2.23. The molecule has 3 heterocycles. The summed E-state index contributed by atoms with van der Waals surface area (Å²) in [6, 6.07) is 3.31. The number of carbonyl (C=O) groups excluding carboxylic acids is 10. The van der Waals surface area contributed by atoms with E-state index in [1.54, 1.807) is 102 Å². The summed E-state index contributed by atoms with van der Waals surface area (Å²) in [5.41, 5.74) is 12.4. The summed E-state index contributed by atoms with van der Waals surface area (Å²) < 4.78 is 0. The van der Waals surface area contributed by atoms with Gasteiger partial charge in [0.1, 0.15) is 60.4 Å². The summed E-state index contributed by atoms with van der Waals surface area (Å²) in [5.74, 6) is -11.3. The van der Waals surface area contributed by atoms with E-state index >= 15 is 0 Å². The quantitative estimate of drug-likeness (QED) is 0.0545. The molecule has 0 spiro atoms. The molecule has 10 amide bonds. The second-order valence-electron chi connectivity index (χ2n) is 23.4. The number of aliphatic imine (C=N–C) groups is 1. The number of guanidine groups is 1. The van der Waals surface area contributed by atoms with Gasteiger partial charge in [0.05, 0.1) is 12.5 Å². The Bertz CT molecular complexity index is 2710. The molecule has 85 heavy (non-hydrogen) atoms. The highest BCUT2D eigenvalue weighted by atomic mass is 16.4. The van der Waals surface area contributed by atoms with Gasteiger partial charge in [-0.1, -0.05) is 102 Å². The summed E-state index contributed by atoms with van der Waals surface area (Å²) in [5, 5.41) is 42.5. The number of fused-ring (bicyclic) bond motifs is 2. The van der Waals surface area contributed by atoms with E-state index in [1.165, 1.54) is 16.7 Å². The number of aliphatic carboxylic acids is 1. The number of amides is 10. The molecule has 2 aromatic carbocycles. The van der Waals surface area contributed by atoms with Gasteiger partial charge in [0, 0.05) is 32.5 Å². The zero-order chi connectivity index (χ0) is 62.7. The first-order chi connectivity index (χ1) is 40.2. The molecule has 2 aromatic rings. The second-order valence-corrected chi connectivity index (χ2v) is 23.4. The second kappa shape index (κ2) is 32.2. The normalized spacial score (nSPS) is 26.2. The minimum Gasteiger partial charge on any atom is -0.481 e. The van der Waals surface area contributed by atoms with Crippen LogP contribution >= 0.6 is 0 Å². The molecule has 14 N–H and O–H groups in total. The summed E-state index contributed by atoms with van der Waals surface area (Å²) in [6.45, 7) is 11.7. The molecule has 0 saturated carbocycles. The lowest BCUT2D eigenvalue weighted by Crippen LogP contribution is -2.62. The standard InChI is InChI=1S/C59H87N13O13/c1-32(2)27-39-50(77)67-43(30-37-19-12-9-13-20-37)58(85)72-26-16-23-45(72)54(81)70-48(35(7)73)56(83)66-40(28-33(3)4)51(78)68-42(29-36-17-10-8-11-18-36)57(84)71-25-15-22-44(71)53(80)65-41(31-46(74)75)52(79)69-47(34(5)6)55(82)63-38(49(76)64-39)21-14-24-62-59(60)61/h8-13,17-20,32-35,38-45,47-48,73H,14-16,21-31H2,1-7H3,(H,63,82)(H,64,76)(H,65,80)(H,66,83)(H,67,77)(H,68,78)(H,69,79)(H,70,81)(H,74,75)(H4,60,61,62)/t35-,38+,39+,40+,41+,42-,43-,44+,45+,47+,48+/m1/s1. The Balaban J connectivity index is 1.61. The average Bonchev–Trinajstić information content (AvgIpc) is 4.21. The number of hydrogen-bond acceptors (Lipinski definition) is 13. The largest absolute Gasteiger partial charge is 0.481 e. The van der Waals surface area contributed by atoms with Crippen LogP contribution in [0.3, 0.4) is 0 Å². The van der Waals surface area contributed by atoms with E-state index in [-0.39, 0.29) is 88.8 Å². The number of benzene rings is 2. The van der Waals surface area contributed by atoms with Crippen LogP contribution < -0.4 is 54.0 Å². The molecule has 0 radical (unpaired) electrons. The lowest BCUT2D eigenvalue weighted by Gasteiger charge is -2.32. The first-order valence-corrected chi connectivity index (χ1v) is 29.3. The molecule has 3 saturated heterocycles. The van der Waals surface area contributed by atoms with Gasteiger partial charge < -0.3 is 74.0 Å². The van der Waals surface area contributed by atoms with Crippen molar-refractivity contribution in [3.05, 3.63) is 71.8 Å².